The van der Waals surface area contributed by atoms with Gasteiger partial charge in [-0.3, -0.25) is 4.79 Å². The van der Waals surface area contributed by atoms with Gasteiger partial charge in [0.2, 0.25) is 5.91 Å². The molecule has 0 aliphatic carbocycles. The minimum Gasteiger partial charge on any atom is -0.423 e. The maximum absolute atomic E-state index is 13.7. The van der Waals surface area contributed by atoms with Crippen LogP contribution in [-0.4, -0.2) is 24.0 Å². The van der Waals surface area contributed by atoms with Crippen molar-refractivity contribution >= 4 is 28.7 Å². The van der Waals surface area contributed by atoms with Crippen LogP contribution in [0.5, 0.6) is 0 Å². The van der Waals surface area contributed by atoms with Crippen molar-refractivity contribution in [3.63, 3.8) is 0 Å². The Morgan fingerprint density at radius 1 is 1.08 bits per heavy atom. The van der Waals surface area contributed by atoms with Gasteiger partial charge in [-0.05, 0) is 37.1 Å². The second-order valence-corrected chi connectivity index (χ2v) is 6.31. The van der Waals surface area contributed by atoms with Crippen molar-refractivity contribution in [3.8, 4) is 0 Å². The summed E-state index contributed by atoms with van der Waals surface area (Å²) >= 11 is 0. The monoisotopic (exact) mass is 357 g/mol. The van der Waals surface area contributed by atoms with Crippen molar-refractivity contribution in [1.82, 2.24) is 4.98 Å². The highest BCUT2D eigenvalue weighted by Crippen LogP contribution is 2.27. The van der Waals surface area contributed by atoms with Crippen molar-refractivity contribution in [2.45, 2.75) is 12.8 Å². The van der Waals surface area contributed by atoms with Crippen LogP contribution in [0.15, 0.2) is 46.9 Å². The second-order valence-electron chi connectivity index (χ2n) is 6.31. The van der Waals surface area contributed by atoms with Crippen LogP contribution >= 0.6 is 0 Å². The number of hydrogen-bond acceptors (Lipinski definition) is 4. The van der Waals surface area contributed by atoms with Crippen LogP contribution in [0.3, 0.4) is 0 Å². The van der Waals surface area contributed by atoms with Gasteiger partial charge in [-0.15, -0.1) is 0 Å². The molecule has 5 nitrogen and oxygen atoms in total. The predicted molar refractivity (Wildman–Crippen MR) is 93.9 cm³/mol. The molecule has 1 fully saturated rings. The van der Waals surface area contributed by atoms with Crippen LogP contribution < -0.4 is 10.2 Å². The highest BCUT2D eigenvalue weighted by atomic mass is 19.1. The normalized spacial score (nSPS) is 15.4. The van der Waals surface area contributed by atoms with E-state index in [0.717, 1.165) is 23.2 Å². The molecule has 7 heteroatoms. The van der Waals surface area contributed by atoms with Gasteiger partial charge >= 0.3 is 0 Å². The molecule has 3 aromatic rings. The molecular formula is C19H17F2N3O2. The number of aromatic nitrogens is 1. The fourth-order valence-corrected chi connectivity index (χ4v) is 3.17. The molecule has 1 aliphatic rings. The fraction of sp³-hybridized carbons (Fsp3) is 0.263. The molecule has 1 amide bonds. The summed E-state index contributed by atoms with van der Waals surface area (Å²) in [4.78, 5) is 18.8. The smallest absolute Gasteiger partial charge is 0.298 e. The first-order chi connectivity index (χ1) is 12.6. The van der Waals surface area contributed by atoms with Crippen molar-refractivity contribution < 1.29 is 18.0 Å². The highest BCUT2D eigenvalue weighted by Gasteiger charge is 2.28. The zero-order valence-corrected chi connectivity index (χ0v) is 13.9. The molecule has 0 atom stereocenters. The maximum Gasteiger partial charge on any atom is 0.298 e. The fourth-order valence-electron chi connectivity index (χ4n) is 3.17. The molecule has 134 valence electrons. The van der Waals surface area contributed by atoms with Crippen molar-refractivity contribution in [3.05, 3.63) is 54.1 Å². The zero-order valence-electron chi connectivity index (χ0n) is 13.9. The molecule has 1 N–H and O–H groups in total. The molecule has 1 aromatic heterocycles. The Labute approximate surface area is 148 Å². The van der Waals surface area contributed by atoms with Crippen LogP contribution in [0.4, 0.5) is 20.5 Å². The highest BCUT2D eigenvalue weighted by molar-refractivity contribution is 5.93. The molecule has 0 radical (unpaired) electrons. The van der Waals surface area contributed by atoms with E-state index in [1.807, 2.05) is 29.2 Å². The predicted octanol–water partition coefficient (Wildman–Crippen LogP) is 3.96. The number of para-hydroxylation sites is 3. The van der Waals surface area contributed by atoms with E-state index < -0.39 is 11.6 Å². The van der Waals surface area contributed by atoms with E-state index in [0.29, 0.717) is 31.9 Å². The molecule has 1 saturated heterocycles. The van der Waals surface area contributed by atoms with E-state index in [4.69, 9.17) is 4.42 Å². The number of amides is 1. The van der Waals surface area contributed by atoms with Crippen molar-refractivity contribution in [2.24, 2.45) is 5.92 Å². The van der Waals surface area contributed by atoms with Gasteiger partial charge in [-0.2, -0.15) is 4.98 Å². The first-order valence-corrected chi connectivity index (χ1v) is 8.47. The first kappa shape index (κ1) is 16.5. The molecular weight excluding hydrogens is 340 g/mol. The number of hydrogen-bond donors (Lipinski definition) is 1. The number of nitrogens with one attached hydrogen (secondary N) is 1. The van der Waals surface area contributed by atoms with E-state index >= 15 is 0 Å². The van der Waals surface area contributed by atoms with Gasteiger partial charge in [-0.1, -0.05) is 18.2 Å². The van der Waals surface area contributed by atoms with Crippen LogP contribution in [-0.2, 0) is 4.79 Å². The minimum absolute atomic E-state index is 0.311. The summed E-state index contributed by atoms with van der Waals surface area (Å²) in [7, 11) is 0. The van der Waals surface area contributed by atoms with Crippen molar-refractivity contribution in [2.75, 3.05) is 23.3 Å². The third kappa shape index (κ3) is 3.12. The van der Waals surface area contributed by atoms with E-state index in [-0.39, 0.29) is 17.5 Å². The summed E-state index contributed by atoms with van der Waals surface area (Å²) in [6.45, 7) is 1.18. The van der Waals surface area contributed by atoms with Crippen LogP contribution in [0.2, 0.25) is 0 Å². The topological polar surface area (TPSA) is 58.4 Å². The van der Waals surface area contributed by atoms with Gasteiger partial charge in [0.1, 0.15) is 22.8 Å². The Kier molecular flexibility index (Phi) is 4.28. The van der Waals surface area contributed by atoms with Crippen LogP contribution in [0, 0.1) is 17.6 Å². The second kappa shape index (κ2) is 6.74. The summed E-state index contributed by atoms with van der Waals surface area (Å²) in [5, 5.41) is 2.38. The summed E-state index contributed by atoms with van der Waals surface area (Å²) in [5.74, 6) is -2.23. The van der Waals surface area contributed by atoms with E-state index in [2.05, 4.69) is 10.3 Å². The zero-order chi connectivity index (χ0) is 18.1. The number of nitrogens with zero attached hydrogens (tertiary/aromatic N) is 2. The first-order valence-electron chi connectivity index (χ1n) is 8.47. The number of benzene rings is 2. The SMILES string of the molecule is O=C(Nc1c(F)cccc1F)C1CCN(c2nc3ccccc3o2)CC1. The number of piperidine rings is 1. The Morgan fingerprint density at radius 2 is 1.77 bits per heavy atom. The summed E-state index contributed by atoms with van der Waals surface area (Å²) in [6.07, 6.45) is 1.11. The lowest BCUT2D eigenvalue weighted by atomic mass is 9.96. The molecule has 0 bridgehead atoms. The van der Waals surface area contributed by atoms with Gasteiger partial charge in [0.05, 0.1) is 0 Å². The largest absolute Gasteiger partial charge is 0.423 e. The lowest BCUT2D eigenvalue weighted by Gasteiger charge is -2.30. The Morgan fingerprint density at radius 3 is 2.46 bits per heavy atom. The number of oxazole rings is 1. The van der Waals surface area contributed by atoms with Crippen molar-refractivity contribution in [1.29, 1.82) is 0 Å². The summed E-state index contributed by atoms with van der Waals surface area (Å²) in [5.41, 5.74) is 1.12. The molecule has 4 rings (SSSR count). The Balaban J connectivity index is 1.40. The van der Waals surface area contributed by atoms with Crippen LogP contribution in [0.25, 0.3) is 11.1 Å². The third-order valence-electron chi connectivity index (χ3n) is 4.63. The lowest BCUT2D eigenvalue weighted by Crippen LogP contribution is -2.38. The molecule has 2 heterocycles. The Hall–Kier alpha value is -2.96. The van der Waals surface area contributed by atoms with Gasteiger partial charge in [0.25, 0.3) is 6.01 Å². The van der Waals surface area contributed by atoms with Gasteiger partial charge in [-0.25, -0.2) is 8.78 Å². The molecule has 0 unspecified atom stereocenters. The number of anilines is 2. The standard InChI is InChI=1S/C19H17F2N3O2/c20-13-4-3-5-14(21)17(13)23-18(25)12-8-10-24(11-9-12)19-22-15-6-1-2-7-16(15)26-19/h1-7,12H,8-11H2,(H,23,25). The molecule has 1 aliphatic heterocycles. The van der Waals surface area contributed by atoms with Gasteiger partial charge < -0.3 is 14.6 Å². The maximum atomic E-state index is 13.7. The summed E-state index contributed by atoms with van der Waals surface area (Å²) < 4.78 is 33.1. The van der Waals surface area contributed by atoms with E-state index in [9.17, 15) is 13.6 Å². The lowest BCUT2D eigenvalue weighted by molar-refractivity contribution is -0.120. The third-order valence-corrected chi connectivity index (χ3v) is 4.63. The van der Waals surface area contributed by atoms with E-state index in [1.54, 1.807) is 0 Å². The van der Waals surface area contributed by atoms with Gasteiger partial charge in [0.15, 0.2) is 5.58 Å². The average molecular weight is 357 g/mol. The number of carbonyl (C=O) groups excluding carboxylic acids is 1. The molecule has 2 aromatic carbocycles. The average Bonchev–Trinajstić information content (AvgIpc) is 3.09. The molecule has 0 saturated carbocycles. The summed E-state index contributed by atoms with van der Waals surface area (Å²) in [6, 6.07) is 11.6. The number of carbonyl (C=O) groups is 1. The Bertz CT molecular complexity index is 896. The number of rotatable bonds is 3. The minimum atomic E-state index is -0.776. The van der Waals surface area contributed by atoms with E-state index in [1.165, 1.54) is 6.07 Å². The quantitative estimate of drug-likeness (QED) is 0.771. The molecule has 0 spiro atoms. The number of halogens is 2. The van der Waals surface area contributed by atoms with Gasteiger partial charge in [0, 0.05) is 19.0 Å². The molecule has 26 heavy (non-hydrogen) atoms. The van der Waals surface area contributed by atoms with Crippen LogP contribution in [0.1, 0.15) is 12.8 Å². The number of fused-ring (bicyclic) bond motifs is 1.